The van der Waals surface area contributed by atoms with Crippen LogP contribution >= 0.6 is 0 Å². The highest BCUT2D eigenvalue weighted by Crippen LogP contribution is 2.22. The molecular formula is C27H27NO. The van der Waals surface area contributed by atoms with Crippen molar-refractivity contribution in [2.24, 2.45) is 0 Å². The Kier molecular flexibility index (Phi) is 6.87. The zero-order valence-corrected chi connectivity index (χ0v) is 17.4. The van der Waals surface area contributed by atoms with Crippen LogP contribution in [0.2, 0.25) is 0 Å². The van der Waals surface area contributed by atoms with Gasteiger partial charge in [-0.2, -0.15) is 0 Å². The number of ketones is 1. The molecule has 1 heterocycles. The average molecular weight is 382 g/mol. The first-order chi connectivity index (χ1) is 14.0. The second-order valence-corrected chi connectivity index (χ2v) is 7.53. The van der Waals surface area contributed by atoms with Crippen LogP contribution in [0.4, 0.5) is 0 Å². The summed E-state index contributed by atoms with van der Waals surface area (Å²) < 4.78 is 2.14. The number of aromatic nitrogens is 1. The van der Waals surface area contributed by atoms with Gasteiger partial charge in [-0.3, -0.25) is 4.79 Å². The van der Waals surface area contributed by atoms with E-state index in [-0.39, 0.29) is 5.78 Å². The molecule has 0 amide bonds. The minimum Gasteiger partial charge on any atom is -0.343 e. The van der Waals surface area contributed by atoms with Gasteiger partial charge >= 0.3 is 0 Å². The Morgan fingerprint density at radius 3 is 2.45 bits per heavy atom. The summed E-state index contributed by atoms with van der Waals surface area (Å²) in [6, 6.07) is 17.6. The molecule has 1 aromatic heterocycles. The predicted octanol–water partition coefficient (Wildman–Crippen LogP) is 6.57. The third kappa shape index (κ3) is 5.59. The van der Waals surface area contributed by atoms with Gasteiger partial charge in [-0.15, -0.1) is 0 Å². The Morgan fingerprint density at radius 2 is 1.69 bits per heavy atom. The zero-order chi connectivity index (χ0) is 20.6. The van der Waals surface area contributed by atoms with E-state index in [1.807, 2.05) is 54.7 Å². The molecule has 0 saturated carbocycles. The number of fused-ring (bicyclic) bond motifs is 1. The summed E-state index contributed by atoms with van der Waals surface area (Å²) in [6.07, 6.45) is 8.57. The summed E-state index contributed by atoms with van der Waals surface area (Å²) in [6.45, 7) is 7.18. The quantitative estimate of drug-likeness (QED) is 0.269. The van der Waals surface area contributed by atoms with Crippen LogP contribution in [0.5, 0.6) is 0 Å². The summed E-state index contributed by atoms with van der Waals surface area (Å²) in [7, 11) is 0. The molecule has 0 radical (unpaired) electrons. The van der Waals surface area contributed by atoms with Gasteiger partial charge in [0, 0.05) is 29.2 Å². The molecule has 0 saturated heterocycles. The maximum atomic E-state index is 12.8. The third-order valence-electron chi connectivity index (χ3n) is 4.86. The zero-order valence-electron chi connectivity index (χ0n) is 17.4. The van der Waals surface area contributed by atoms with Crippen LogP contribution in [0.15, 0.2) is 84.1 Å². The largest absolute Gasteiger partial charge is 0.343 e. The molecule has 3 aromatic rings. The van der Waals surface area contributed by atoms with Crippen molar-refractivity contribution in [3.8, 4) is 11.8 Å². The normalized spacial score (nSPS) is 11.1. The number of carbonyl (C=O) groups is 1. The number of Topliss-reactive ketones (excluding diaryl/α,β-unsaturated/α-hetero) is 1. The van der Waals surface area contributed by atoms with Gasteiger partial charge in [0.05, 0.1) is 5.56 Å². The highest BCUT2D eigenvalue weighted by molar-refractivity contribution is 6.16. The number of rotatable bonds is 6. The summed E-state index contributed by atoms with van der Waals surface area (Å²) >= 11 is 0. The van der Waals surface area contributed by atoms with Crippen LogP contribution in [-0.4, -0.2) is 10.4 Å². The van der Waals surface area contributed by atoms with E-state index in [2.05, 4.69) is 55.4 Å². The van der Waals surface area contributed by atoms with E-state index in [1.165, 1.54) is 11.1 Å². The fraction of sp³-hybridized carbons (Fsp3) is 0.222. The lowest BCUT2D eigenvalue weighted by molar-refractivity contribution is 0.105. The minimum absolute atomic E-state index is 0.145. The molecular weight excluding hydrogens is 354 g/mol. The maximum absolute atomic E-state index is 12.8. The van der Waals surface area contributed by atoms with Gasteiger partial charge in [0.1, 0.15) is 0 Å². The molecule has 29 heavy (non-hydrogen) atoms. The maximum Gasteiger partial charge on any atom is 0.238 e. The molecule has 2 heteroatoms. The van der Waals surface area contributed by atoms with E-state index in [4.69, 9.17) is 0 Å². The first-order valence-electron chi connectivity index (χ1n) is 10.0. The first-order valence-corrected chi connectivity index (χ1v) is 10.0. The Bertz CT molecular complexity index is 1110. The van der Waals surface area contributed by atoms with Crippen LogP contribution in [0.1, 0.15) is 49.5 Å². The van der Waals surface area contributed by atoms with Crippen molar-refractivity contribution in [1.29, 1.82) is 0 Å². The lowest BCUT2D eigenvalue weighted by Crippen LogP contribution is -1.96. The molecule has 0 aliphatic carbocycles. The van der Waals surface area contributed by atoms with Crippen molar-refractivity contribution in [2.75, 3.05) is 0 Å². The van der Waals surface area contributed by atoms with E-state index < -0.39 is 0 Å². The van der Waals surface area contributed by atoms with Gasteiger partial charge < -0.3 is 4.57 Å². The highest BCUT2D eigenvalue weighted by atomic mass is 16.1. The van der Waals surface area contributed by atoms with Crippen LogP contribution in [0.3, 0.4) is 0 Å². The molecule has 0 atom stereocenters. The number of carbonyl (C=O) groups excluding carboxylic acids is 1. The minimum atomic E-state index is -0.145. The fourth-order valence-electron chi connectivity index (χ4n) is 3.24. The van der Waals surface area contributed by atoms with Gasteiger partial charge in [0.15, 0.2) is 0 Å². The monoisotopic (exact) mass is 381 g/mol. The van der Waals surface area contributed by atoms with Gasteiger partial charge in [-0.05, 0) is 57.7 Å². The van der Waals surface area contributed by atoms with E-state index in [9.17, 15) is 4.79 Å². The molecule has 0 fully saturated rings. The number of allylic oxidation sites excluding steroid dienone is 4. The summed E-state index contributed by atoms with van der Waals surface area (Å²) in [5, 5.41) is 0.954. The van der Waals surface area contributed by atoms with E-state index in [0.717, 1.165) is 35.9 Å². The van der Waals surface area contributed by atoms with Gasteiger partial charge in [-0.25, -0.2) is 0 Å². The van der Waals surface area contributed by atoms with Crippen LogP contribution in [-0.2, 0) is 6.54 Å². The number of nitrogens with zero attached hydrogens (tertiary/aromatic N) is 1. The van der Waals surface area contributed by atoms with E-state index >= 15 is 0 Å². The standard InChI is InChI=1S/C27H27NO/c1-21(2)10-9-11-22(3)18-19-28-20-25(24-14-7-8-15-26(24)28)27(29)17-16-23-12-5-4-6-13-23/h4-8,10,12-15,18,20H,9,11,19H2,1-3H3/b22-18+. The Hall–Kier alpha value is -3.31. The molecule has 0 bridgehead atoms. The van der Waals surface area contributed by atoms with E-state index in [0.29, 0.717) is 5.56 Å². The van der Waals surface area contributed by atoms with Crippen LogP contribution < -0.4 is 0 Å². The summed E-state index contributed by atoms with van der Waals surface area (Å²) in [4.78, 5) is 12.8. The van der Waals surface area contributed by atoms with Gasteiger partial charge in [0.2, 0.25) is 5.78 Å². The molecule has 0 unspecified atom stereocenters. The van der Waals surface area contributed by atoms with Gasteiger partial charge in [-0.1, -0.05) is 65.6 Å². The Labute approximate surface area is 173 Å². The molecule has 0 aliphatic rings. The smallest absolute Gasteiger partial charge is 0.238 e. The summed E-state index contributed by atoms with van der Waals surface area (Å²) in [5.41, 5.74) is 5.29. The Balaban J connectivity index is 1.83. The van der Waals surface area contributed by atoms with Crippen molar-refractivity contribution >= 4 is 16.7 Å². The molecule has 146 valence electrons. The molecule has 3 rings (SSSR count). The molecule has 0 spiro atoms. The number of benzene rings is 2. The first kappa shape index (κ1) is 20.4. The fourth-order valence-corrected chi connectivity index (χ4v) is 3.24. The number of hydrogen-bond acceptors (Lipinski definition) is 1. The Morgan fingerprint density at radius 1 is 0.966 bits per heavy atom. The molecule has 0 N–H and O–H groups in total. The second-order valence-electron chi connectivity index (χ2n) is 7.53. The van der Waals surface area contributed by atoms with Crippen molar-refractivity contribution in [1.82, 2.24) is 4.57 Å². The van der Waals surface area contributed by atoms with Crippen molar-refractivity contribution < 1.29 is 4.79 Å². The van der Waals surface area contributed by atoms with Gasteiger partial charge in [0.25, 0.3) is 0 Å². The summed E-state index contributed by atoms with van der Waals surface area (Å²) in [5.74, 6) is 5.63. The van der Waals surface area contributed by atoms with Crippen LogP contribution in [0, 0.1) is 11.8 Å². The average Bonchev–Trinajstić information content (AvgIpc) is 3.10. The van der Waals surface area contributed by atoms with Crippen molar-refractivity contribution in [2.45, 2.75) is 40.2 Å². The molecule has 0 aliphatic heterocycles. The van der Waals surface area contributed by atoms with Crippen LogP contribution in [0.25, 0.3) is 10.9 Å². The van der Waals surface area contributed by atoms with Crippen molar-refractivity contribution in [3.05, 3.63) is 95.2 Å². The molecule has 2 aromatic carbocycles. The van der Waals surface area contributed by atoms with E-state index in [1.54, 1.807) is 0 Å². The van der Waals surface area contributed by atoms with Crippen molar-refractivity contribution in [3.63, 3.8) is 0 Å². The lowest BCUT2D eigenvalue weighted by atomic mass is 10.1. The topological polar surface area (TPSA) is 22.0 Å². The molecule has 2 nitrogen and oxygen atoms in total. The SMILES string of the molecule is CC(C)=CCC/C(C)=C/Cn1cc(C(=O)C#Cc2ccccc2)c2ccccc21. The highest BCUT2D eigenvalue weighted by Gasteiger charge is 2.12. The number of hydrogen-bond donors (Lipinski definition) is 0. The number of para-hydroxylation sites is 1. The third-order valence-corrected chi connectivity index (χ3v) is 4.86. The second kappa shape index (κ2) is 9.75. The lowest BCUT2D eigenvalue weighted by Gasteiger charge is -2.03. The predicted molar refractivity (Wildman–Crippen MR) is 122 cm³/mol.